The summed E-state index contributed by atoms with van der Waals surface area (Å²) in [4.78, 5) is 10.4. The molecule has 1 rings (SSSR count). The van der Waals surface area contributed by atoms with Gasteiger partial charge in [-0.1, -0.05) is 41.8 Å². The number of ether oxygens (including phenoxy) is 2. The Balaban J connectivity index is 2.62. The molecule has 4 unspecified atom stereocenters. The molecule has 0 aromatic heterocycles. The molecule has 142 valence electrons. The summed E-state index contributed by atoms with van der Waals surface area (Å²) in [5.74, 6) is 0. The monoisotopic (exact) mass is 391 g/mol. The lowest BCUT2D eigenvalue weighted by Crippen LogP contribution is -2.29. The van der Waals surface area contributed by atoms with E-state index in [0.29, 0.717) is 26.1 Å². The van der Waals surface area contributed by atoms with Crippen molar-refractivity contribution < 1.29 is 28.0 Å². The normalized spacial score (nSPS) is 17.8. The maximum absolute atomic E-state index is 12.7. The topological polar surface area (TPSA) is 82.1 Å². The Labute approximate surface area is 151 Å². The molecule has 1 aromatic rings. The van der Waals surface area contributed by atoms with Crippen molar-refractivity contribution in [2.75, 3.05) is 13.2 Å². The summed E-state index contributed by atoms with van der Waals surface area (Å²) >= 11 is 0. The first-order valence-electron chi connectivity index (χ1n) is 8.57. The molecule has 8 heteroatoms. The standard InChI is InChI=1S/C17H28O6P2/c1-4-15(3)23-25(19,20)17(24-18,22-5-2)12-9-13-21-14-16-10-7-6-8-11-16/h6-8,10-11,15H,4-5,9,12-14H2,1-3H3,(H,19,20)/p+1. The van der Waals surface area contributed by atoms with Crippen molar-refractivity contribution in [1.29, 1.82) is 0 Å². The summed E-state index contributed by atoms with van der Waals surface area (Å²) < 4.78 is 40.8. The predicted octanol–water partition coefficient (Wildman–Crippen LogP) is 4.70. The van der Waals surface area contributed by atoms with Crippen molar-refractivity contribution in [1.82, 2.24) is 0 Å². The number of hydrogen-bond donors (Lipinski definition) is 1. The fraction of sp³-hybridized carbons (Fsp3) is 0.647. The van der Waals surface area contributed by atoms with E-state index in [9.17, 15) is 14.0 Å². The van der Waals surface area contributed by atoms with Crippen LogP contribution in [0.2, 0.25) is 0 Å². The molecule has 4 atom stereocenters. The van der Waals surface area contributed by atoms with Gasteiger partial charge in [-0.15, -0.1) is 0 Å². The summed E-state index contributed by atoms with van der Waals surface area (Å²) in [6.45, 7) is 6.26. The SMILES string of the molecule is CCOC(CCCOCc1ccccc1)([PH+]=O)P(=O)(O)OC(C)CC. The zero-order chi connectivity index (χ0) is 18.8. The molecular weight excluding hydrogens is 362 g/mol. The first-order chi connectivity index (χ1) is 11.9. The molecule has 0 aliphatic rings. The first kappa shape index (κ1) is 22.4. The van der Waals surface area contributed by atoms with Crippen LogP contribution in [0.4, 0.5) is 0 Å². The van der Waals surface area contributed by atoms with Crippen LogP contribution >= 0.6 is 16.1 Å². The second kappa shape index (κ2) is 11.2. The Morgan fingerprint density at radius 2 is 1.96 bits per heavy atom. The van der Waals surface area contributed by atoms with Crippen molar-refractivity contribution in [2.45, 2.75) is 57.8 Å². The number of benzene rings is 1. The Bertz CT molecular complexity index is 553. The van der Waals surface area contributed by atoms with Crippen molar-refractivity contribution in [3.8, 4) is 0 Å². The molecule has 0 bridgehead atoms. The fourth-order valence-electron chi connectivity index (χ4n) is 2.25. The van der Waals surface area contributed by atoms with Gasteiger partial charge in [0.05, 0.1) is 12.7 Å². The van der Waals surface area contributed by atoms with Gasteiger partial charge in [0.2, 0.25) is 0 Å². The van der Waals surface area contributed by atoms with E-state index in [1.807, 2.05) is 37.3 Å². The molecule has 0 fully saturated rings. The minimum absolute atomic E-state index is 0.127. The van der Waals surface area contributed by atoms with Crippen LogP contribution in [0.5, 0.6) is 0 Å². The highest BCUT2D eigenvalue weighted by molar-refractivity contribution is 7.63. The molecule has 25 heavy (non-hydrogen) atoms. The van der Waals surface area contributed by atoms with Gasteiger partial charge < -0.3 is 18.9 Å². The zero-order valence-electron chi connectivity index (χ0n) is 15.1. The van der Waals surface area contributed by atoms with Gasteiger partial charge in [-0.3, -0.25) is 4.57 Å². The lowest BCUT2D eigenvalue weighted by Gasteiger charge is -2.27. The van der Waals surface area contributed by atoms with Crippen LogP contribution in [0.3, 0.4) is 0 Å². The van der Waals surface area contributed by atoms with Gasteiger partial charge >= 0.3 is 21.1 Å². The molecule has 6 nitrogen and oxygen atoms in total. The molecule has 0 aliphatic carbocycles. The van der Waals surface area contributed by atoms with Crippen LogP contribution in [-0.2, 0) is 29.7 Å². The van der Waals surface area contributed by atoms with E-state index in [4.69, 9.17) is 14.0 Å². The molecule has 0 spiro atoms. The van der Waals surface area contributed by atoms with Crippen LogP contribution < -0.4 is 0 Å². The molecule has 0 saturated carbocycles. The highest BCUT2D eigenvalue weighted by Gasteiger charge is 2.59. The van der Waals surface area contributed by atoms with Gasteiger partial charge in [0, 0.05) is 19.6 Å². The average Bonchev–Trinajstić information content (AvgIpc) is 2.60. The van der Waals surface area contributed by atoms with Gasteiger partial charge in [0.1, 0.15) is 0 Å². The third kappa shape index (κ3) is 6.90. The van der Waals surface area contributed by atoms with Crippen LogP contribution in [0.15, 0.2) is 30.3 Å². The van der Waals surface area contributed by atoms with Crippen molar-refractivity contribution >= 4 is 16.1 Å². The van der Waals surface area contributed by atoms with Gasteiger partial charge in [0.25, 0.3) is 0 Å². The molecule has 0 heterocycles. The second-order valence-corrected chi connectivity index (χ2v) is 9.21. The molecule has 1 N–H and O–H groups in total. The van der Waals surface area contributed by atoms with Crippen molar-refractivity contribution in [3.05, 3.63) is 35.9 Å². The molecule has 0 amide bonds. The maximum atomic E-state index is 12.7. The summed E-state index contributed by atoms with van der Waals surface area (Å²) in [5, 5.41) is -1.69. The molecule has 0 radical (unpaired) electrons. The second-order valence-electron chi connectivity index (χ2n) is 5.81. The van der Waals surface area contributed by atoms with Crippen LogP contribution in [0.25, 0.3) is 0 Å². The van der Waals surface area contributed by atoms with Gasteiger partial charge in [0.15, 0.2) is 0 Å². The average molecular weight is 391 g/mol. The third-order valence-electron chi connectivity index (χ3n) is 3.81. The van der Waals surface area contributed by atoms with Crippen molar-refractivity contribution in [2.24, 2.45) is 0 Å². The third-order valence-corrected chi connectivity index (χ3v) is 7.56. The predicted molar refractivity (Wildman–Crippen MR) is 99.4 cm³/mol. The summed E-state index contributed by atoms with van der Waals surface area (Å²) in [5.41, 5.74) is 1.05. The van der Waals surface area contributed by atoms with E-state index in [-0.39, 0.29) is 13.0 Å². The number of hydrogen-bond acceptors (Lipinski definition) is 5. The van der Waals surface area contributed by atoms with Crippen LogP contribution in [0.1, 0.15) is 45.6 Å². The summed E-state index contributed by atoms with van der Waals surface area (Å²) in [6, 6.07) is 9.74. The van der Waals surface area contributed by atoms with E-state index in [2.05, 4.69) is 0 Å². The molecule has 0 aliphatic heterocycles. The smallest absolute Gasteiger partial charge is 0.377 e. The van der Waals surface area contributed by atoms with E-state index < -0.39 is 27.2 Å². The lowest BCUT2D eigenvalue weighted by atomic mass is 10.2. The molecule has 1 aromatic carbocycles. The number of rotatable bonds is 13. The lowest BCUT2D eigenvalue weighted by molar-refractivity contribution is 0.0358. The maximum Gasteiger partial charge on any atom is 0.410 e. The Hall–Kier alpha value is -0.610. The zero-order valence-corrected chi connectivity index (χ0v) is 17.0. The Morgan fingerprint density at radius 1 is 1.28 bits per heavy atom. The highest BCUT2D eigenvalue weighted by atomic mass is 31.2. The highest BCUT2D eigenvalue weighted by Crippen LogP contribution is 2.64. The summed E-state index contributed by atoms with van der Waals surface area (Å²) in [7, 11) is -5.31. The van der Waals surface area contributed by atoms with E-state index in [1.165, 1.54) is 0 Å². The van der Waals surface area contributed by atoms with Crippen LogP contribution in [-0.4, -0.2) is 29.3 Å². The van der Waals surface area contributed by atoms with Crippen molar-refractivity contribution in [3.63, 3.8) is 0 Å². The van der Waals surface area contributed by atoms with Crippen LogP contribution in [0, 0.1) is 0 Å². The van der Waals surface area contributed by atoms with E-state index in [1.54, 1.807) is 13.8 Å². The van der Waals surface area contributed by atoms with Gasteiger partial charge in [-0.05, 0) is 32.3 Å². The van der Waals surface area contributed by atoms with Gasteiger partial charge in [-0.25, -0.2) is 0 Å². The van der Waals surface area contributed by atoms with E-state index >= 15 is 0 Å². The minimum Gasteiger partial charge on any atom is -0.377 e. The summed E-state index contributed by atoms with van der Waals surface area (Å²) in [6.07, 6.45) is 0.731. The molecule has 0 saturated heterocycles. The quantitative estimate of drug-likeness (QED) is 0.388. The van der Waals surface area contributed by atoms with E-state index in [0.717, 1.165) is 5.56 Å². The Kier molecular flexibility index (Phi) is 10.0. The van der Waals surface area contributed by atoms with Gasteiger partial charge in [-0.2, -0.15) is 0 Å². The first-order valence-corrected chi connectivity index (χ1v) is 11.1. The fourth-order valence-corrected chi connectivity index (χ4v) is 4.90. The Morgan fingerprint density at radius 3 is 2.52 bits per heavy atom. The largest absolute Gasteiger partial charge is 0.410 e. The minimum atomic E-state index is -4.21. The molecular formula is C17H29O6P2+.